The van der Waals surface area contributed by atoms with Crippen molar-refractivity contribution in [3.63, 3.8) is 0 Å². The molecule has 5 nitrogen and oxygen atoms in total. The van der Waals surface area contributed by atoms with Gasteiger partial charge in [0.05, 0.1) is 6.61 Å². The third-order valence-corrected chi connectivity index (χ3v) is 5.06. The summed E-state index contributed by atoms with van der Waals surface area (Å²) in [5.74, 6) is 0. The van der Waals surface area contributed by atoms with Crippen molar-refractivity contribution in [2.24, 2.45) is 0 Å². The highest BCUT2D eigenvalue weighted by molar-refractivity contribution is 7.89. The Hall–Kier alpha value is -1.06. The van der Waals surface area contributed by atoms with Gasteiger partial charge in [0.15, 0.2) is 0 Å². The Balaban J connectivity index is 2.33. The molecule has 0 amide bonds. The van der Waals surface area contributed by atoms with Gasteiger partial charge in [-0.3, -0.25) is 0 Å². The summed E-state index contributed by atoms with van der Waals surface area (Å²) in [4.78, 5) is -0.268. The molecular weight excluding hydrogens is 309 g/mol. The van der Waals surface area contributed by atoms with Gasteiger partial charge in [0.2, 0.25) is 10.0 Å². The van der Waals surface area contributed by atoms with Gasteiger partial charge in [-0.05, 0) is 32.8 Å². The molecule has 0 bridgehead atoms. The molecule has 0 radical (unpaired) electrons. The maximum Gasteiger partial charge on any atom is 0.407 e. The van der Waals surface area contributed by atoms with Gasteiger partial charge in [0.25, 0.3) is 0 Å². The number of alkyl halides is 3. The second-order valence-electron chi connectivity index (χ2n) is 5.51. The lowest BCUT2D eigenvalue weighted by atomic mass is 10.3. The highest BCUT2D eigenvalue weighted by Crippen LogP contribution is 2.49. The molecular formula is C12H17F3N2O3S. The van der Waals surface area contributed by atoms with Gasteiger partial charge < -0.3 is 9.67 Å². The minimum absolute atomic E-state index is 0.117. The third-order valence-electron chi connectivity index (χ3n) is 3.56. The normalized spacial score (nSPS) is 18.2. The van der Waals surface area contributed by atoms with Crippen LogP contribution in [0.1, 0.15) is 38.4 Å². The minimum Gasteiger partial charge on any atom is -0.390 e. The van der Waals surface area contributed by atoms with E-state index in [1.54, 1.807) is 18.6 Å². The molecule has 1 aromatic rings. The topological polar surface area (TPSA) is 71.3 Å². The van der Waals surface area contributed by atoms with E-state index in [-0.39, 0.29) is 23.8 Å². The molecule has 1 aliphatic carbocycles. The van der Waals surface area contributed by atoms with E-state index in [9.17, 15) is 26.7 Å². The summed E-state index contributed by atoms with van der Waals surface area (Å²) in [5, 5.41) is 9.20. The van der Waals surface area contributed by atoms with E-state index in [1.807, 2.05) is 0 Å². The van der Waals surface area contributed by atoms with Gasteiger partial charge in [0, 0.05) is 17.9 Å². The van der Waals surface area contributed by atoms with Gasteiger partial charge >= 0.3 is 6.18 Å². The number of hydrogen-bond donors (Lipinski definition) is 2. The molecule has 9 heteroatoms. The average molecular weight is 326 g/mol. The number of aliphatic hydroxyl groups excluding tert-OH is 1. The summed E-state index contributed by atoms with van der Waals surface area (Å²) in [7, 11) is -4.29. The van der Waals surface area contributed by atoms with Crippen molar-refractivity contribution in [2.75, 3.05) is 0 Å². The van der Waals surface area contributed by atoms with E-state index in [1.165, 1.54) is 16.8 Å². The van der Waals surface area contributed by atoms with Gasteiger partial charge in [0.1, 0.15) is 10.4 Å². The quantitative estimate of drug-likeness (QED) is 0.868. The molecule has 0 saturated heterocycles. The lowest BCUT2D eigenvalue weighted by molar-refractivity contribution is -0.160. The van der Waals surface area contributed by atoms with Crippen molar-refractivity contribution in [1.29, 1.82) is 0 Å². The number of hydrogen-bond acceptors (Lipinski definition) is 3. The SMILES string of the molecule is CC(C)n1cc(S(=O)(=O)NC2(C(F)(F)F)CC2)cc1CO. The van der Waals surface area contributed by atoms with Crippen LogP contribution in [0.15, 0.2) is 17.2 Å². The summed E-state index contributed by atoms with van der Waals surface area (Å²) >= 11 is 0. The van der Waals surface area contributed by atoms with Crippen molar-refractivity contribution in [3.8, 4) is 0 Å². The first-order valence-electron chi connectivity index (χ1n) is 6.45. The van der Waals surface area contributed by atoms with Crippen molar-refractivity contribution in [3.05, 3.63) is 18.0 Å². The van der Waals surface area contributed by atoms with Gasteiger partial charge in [-0.15, -0.1) is 0 Å². The van der Waals surface area contributed by atoms with Crippen LogP contribution in [0.2, 0.25) is 0 Å². The molecule has 2 N–H and O–H groups in total. The molecule has 0 unspecified atom stereocenters. The molecule has 0 atom stereocenters. The number of aromatic nitrogens is 1. The van der Waals surface area contributed by atoms with Crippen molar-refractivity contribution < 1.29 is 26.7 Å². The number of nitrogens with one attached hydrogen (secondary N) is 1. The standard InChI is InChI=1S/C12H17F3N2O3S/c1-8(2)17-6-10(5-9(17)7-18)21(19,20)16-11(3-4-11)12(13,14)15/h5-6,8,16,18H,3-4,7H2,1-2H3. The summed E-state index contributed by atoms with van der Waals surface area (Å²) in [5.41, 5.74) is -2.01. The average Bonchev–Trinajstić information content (AvgIpc) is 2.98. The summed E-state index contributed by atoms with van der Waals surface area (Å²) < 4.78 is 66.1. The van der Waals surface area contributed by atoms with Crippen LogP contribution >= 0.6 is 0 Å². The molecule has 1 fully saturated rings. The molecule has 120 valence electrons. The van der Waals surface area contributed by atoms with Crippen LogP contribution in [-0.4, -0.2) is 29.8 Å². The van der Waals surface area contributed by atoms with Crippen molar-refractivity contribution >= 4 is 10.0 Å². The maximum atomic E-state index is 12.8. The van der Waals surface area contributed by atoms with E-state index >= 15 is 0 Å². The maximum absolute atomic E-state index is 12.8. The fraction of sp³-hybridized carbons (Fsp3) is 0.667. The van der Waals surface area contributed by atoms with Gasteiger partial charge in [-0.1, -0.05) is 0 Å². The largest absolute Gasteiger partial charge is 0.407 e. The molecule has 1 aromatic heterocycles. The number of nitrogens with zero attached hydrogens (tertiary/aromatic N) is 1. The monoisotopic (exact) mass is 326 g/mol. The van der Waals surface area contributed by atoms with Gasteiger partial charge in [-0.25, -0.2) is 8.42 Å². The second-order valence-corrected chi connectivity index (χ2v) is 7.19. The molecule has 0 aromatic carbocycles. The van der Waals surface area contributed by atoms with Crippen LogP contribution in [0.3, 0.4) is 0 Å². The Morgan fingerprint density at radius 1 is 1.43 bits per heavy atom. The van der Waals surface area contributed by atoms with Crippen LogP contribution < -0.4 is 4.72 Å². The minimum atomic E-state index is -4.61. The first kappa shape index (κ1) is 16.3. The Bertz CT molecular complexity index is 631. The lowest BCUT2D eigenvalue weighted by Crippen LogP contribution is -2.47. The summed E-state index contributed by atoms with van der Waals surface area (Å²) in [6.07, 6.45) is -3.88. The van der Waals surface area contributed by atoms with Crippen LogP contribution in [0, 0.1) is 0 Å². The zero-order chi connectivity index (χ0) is 16.1. The van der Waals surface area contributed by atoms with E-state index in [4.69, 9.17) is 0 Å². The molecule has 0 spiro atoms. The summed E-state index contributed by atoms with van der Waals surface area (Å²) in [6, 6.07) is 1.07. The fourth-order valence-corrected chi connectivity index (χ4v) is 3.63. The van der Waals surface area contributed by atoms with E-state index in [2.05, 4.69) is 0 Å². The Kier molecular flexibility index (Phi) is 3.88. The first-order valence-corrected chi connectivity index (χ1v) is 7.93. The zero-order valence-corrected chi connectivity index (χ0v) is 12.4. The molecule has 1 aliphatic rings. The second kappa shape index (κ2) is 4.99. The van der Waals surface area contributed by atoms with Crippen molar-refractivity contribution in [2.45, 2.75) is 55.9 Å². The van der Waals surface area contributed by atoms with Crippen LogP contribution in [0.25, 0.3) is 0 Å². The van der Waals surface area contributed by atoms with Gasteiger partial charge in [-0.2, -0.15) is 17.9 Å². The number of halogens is 3. The Morgan fingerprint density at radius 2 is 2.00 bits per heavy atom. The third kappa shape index (κ3) is 2.95. The molecule has 1 saturated carbocycles. The number of aliphatic hydroxyl groups is 1. The number of rotatable bonds is 5. The molecule has 0 aliphatic heterocycles. The first-order chi connectivity index (χ1) is 9.52. The number of sulfonamides is 1. The zero-order valence-electron chi connectivity index (χ0n) is 11.6. The van der Waals surface area contributed by atoms with E-state index < -0.39 is 28.3 Å². The highest BCUT2D eigenvalue weighted by Gasteiger charge is 2.65. The van der Waals surface area contributed by atoms with E-state index in [0.717, 1.165) is 0 Å². The Morgan fingerprint density at radius 3 is 2.33 bits per heavy atom. The highest BCUT2D eigenvalue weighted by atomic mass is 32.2. The van der Waals surface area contributed by atoms with E-state index in [0.29, 0.717) is 5.69 Å². The Labute approximate surface area is 120 Å². The molecule has 2 rings (SSSR count). The lowest BCUT2D eigenvalue weighted by Gasteiger charge is -2.20. The molecule has 21 heavy (non-hydrogen) atoms. The smallest absolute Gasteiger partial charge is 0.390 e. The fourth-order valence-electron chi connectivity index (χ4n) is 2.14. The summed E-state index contributed by atoms with van der Waals surface area (Å²) in [6.45, 7) is 3.17. The van der Waals surface area contributed by atoms with Crippen LogP contribution in [0.5, 0.6) is 0 Å². The predicted octanol–water partition coefficient (Wildman–Crippen LogP) is 1.93. The van der Waals surface area contributed by atoms with Crippen LogP contribution in [-0.2, 0) is 16.6 Å². The predicted molar refractivity (Wildman–Crippen MR) is 69.1 cm³/mol. The molecule has 1 heterocycles. The van der Waals surface area contributed by atoms with Crippen LogP contribution in [0.4, 0.5) is 13.2 Å². The van der Waals surface area contributed by atoms with Crippen molar-refractivity contribution in [1.82, 2.24) is 9.29 Å².